The van der Waals surface area contributed by atoms with E-state index in [9.17, 15) is 0 Å². The van der Waals surface area contributed by atoms with E-state index in [0.29, 0.717) is 0 Å². The number of unbranched alkanes of at least 4 members (excludes halogenated alkanes) is 6. The topological polar surface area (TPSA) is 18.5 Å². The molecular formula is C32H43O2PS2. The van der Waals surface area contributed by atoms with Crippen molar-refractivity contribution >= 4 is 28.9 Å². The maximum absolute atomic E-state index is 6.75. The molecule has 0 aliphatic carbocycles. The standard InChI is InChI=1S/C32H43O2PS2/c1-4-6-8-11-21-29-23-15-17-25-31(29)33-35(36,37-27(3)28-19-13-10-14-20-28)34-32-26-18-16-24-30(32)22-12-9-7-5-2/h10,13-20,23-27H,4-9,11-12,21-22H2,1-3H3. The van der Waals surface area contributed by atoms with E-state index in [1.54, 1.807) is 11.4 Å². The highest BCUT2D eigenvalue weighted by Gasteiger charge is 2.29. The van der Waals surface area contributed by atoms with Crippen LogP contribution in [0.4, 0.5) is 0 Å². The van der Waals surface area contributed by atoms with Crippen molar-refractivity contribution in [2.45, 2.75) is 90.2 Å². The largest absolute Gasteiger partial charge is 0.428 e. The van der Waals surface area contributed by atoms with Gasteiger partial charge in [0.05, 0.1) is 0 Å². The maximum atomic E-state index is 6.75. The minimum Gasteiger partial charge on any atom is -0.428 e. The van der Waals surface area contributed by atoms with Crippen molar-refractivity contribution in [3.8, 4) is 11.5 Å². The summed E-state index contributed by atoms with van der Waals surface area (Å²) in [7, 11) is 0. The molecule has 2 nitrogen and oxygen atoms in total. The second kappa shape index (κ2) is 16.3. The molecule has 0 heterocycles. The molecule has 1 unspecified atom stereocenters. The average molecular weight is 555 g/mol. The molecule has 0 saturated heterocycles. The molecular weight excluding hydrogens is 511 g/mol. The van der Waals surface area contributed by atoms with E-state index in [2.05, 4.69) is 81.4 Å². The van der Waals surface area contributed by atoms with Crippen molar-refractivity contribution in [2.24, 2.45) is 0 Å². The Kier molecular flexibility index (Phi) is 13.1. The first-order valence-electron chi connectivity index (χ1n) is 13.9. The van der Waals surface area contributed by atoms with E-state index in [4.69, 9.17) is 20.9 Å². The Labute approximate surface area is 234 Å². The van der Waals surface area contributed by atoms with Gasteiger partial charge in [0.25, 0.3) is 0 Å². The normalized spacial score (nSPS) is 12.3. The average Bonchev–Trinajstić information content (AvgIpc) is 2.91. The van der Waals surface area contributed by atoms with Gasteiger partial charge in [-0.15, -0.1) is 0 Å². The third-order valence-electron chi connectivity index (χ3n) is 6.52. The number of rotatable bonds is 17. The van der Waals surface area contributed by atoms with Crippen LogP contribution < -0.4 is 9.05 Å². The lowest BCUT2D eigenvalue weighted by Crippen LogP contribution is -2.04. The van der Waals surface area contributed by atoms with Gasteiger partial charge in [-0.2, -0.15) is 0 Å². The molecule has 0 spiro atoms. The fourth-order valence-electron chi connectivity index (χ4n) is 4.36. The van der Waals surface area contributed by atoms with Crippen LogP contribution in [0.25, 0.3) is 0 Å². The summed E-state index contributed by atoms with van der Waals surface area (Å²) in [5, 5.41) is 0.153. The molecule has 1 atom stereocenters. The van der Waals surface area contributed by atoms with Crippen LogP contribution in [-0.2, 0) is 24.6 Å². The molecule has 37 heavy (non-hydrogen) atoms. The zero-order valence-electron chi connectivity index (χ0n) is 22.7. The lowest BCUT2D eigenvalue weighted by molar-refractivity contribution is 0.496. The summed E-state index contributed by atoms with van der Waals surface area (Å²) in [4.78, 5) is 0. The van der Waals surface area contributed by atoms with E-state index < -0.39 is 5.69 Å². The zero-order valence-corrected chi connectivity index (χ0v) is 25.3. The van der Waals surface area contributed by atoms with Crippen LogP contribution in [0.2, 0.25) is 0 Å². The van der Waals surface area contributed by atoms with E-state index >= 15 is 0 Å². The zero-order chi connectivity index (χ0) is 26.3. The number of hydrogen-bond acceptors (Lipinski definition) is 4. The van der Waals surface area contributed by atoms with Gasteiger partial charge in [0.15, 0.2) is 0 Å². The van der Waals surface area contributed by atoms with Crippen molar-refractivity contribution < 1.29 is 9.05 Å². The monoisotopic (exact) mass is 554 g/mol. The first kappa shape index (κ1) is 29.8. The van der Waals surface area contributed by atoms with Crippen LogP contribution >= 0.6 is 17.1 Å². The van der Waals surface area contributed by atoms with Gasteiger partial charge in [0.2, 0.25) is 0 Å². The molecule has 0 saturated carbocycles. The first-order chi connectivity index (χ1) is 18.0. The first-order valence-corrected chi connectivity index (χ1v) is 18.0. The molecule has 3 aromatic carbocycles. The molecule has 3 aromatic rings. The summed E-state index contributed by atoms with van der Waals surface area (Å²) in [6.07, 6.45) is 11.8. The molecule has 0 aliphatic rings. The van der Waals surface area contributed by atoms with Gasteiger partial charge >= 0.3 is 5.69 Å². The Balaban J connectivity index is 1.86. The third kappa shape index (κ3) is 10.2. The van der Waals surface area contributed by atoms with E-state index in [0.717, 1.165) is 37.2 Å². The van der Waals surface area contributed by atoms with Crippen LogP contribution in [0.1, 0.15) is 94.1 Å². The second-order valence-corrected chi connectivity index (χ2v) is 16.0. The van der Waals surface area contributed by atoms with Gasteiger partial charge in [0, 0.05) is 5.25 Å². The van der Waals surface area contributed by atoms with Gasteiger partial charge in [-0.05, 0) is 84.6 Å². The SMILES string of the molecule is CCCCCCc1ccccc1OP(=S)(Oc1ccccc1CCCCCC)SC(C)c1ccccc1. The maximum Gasteiger partial charge on any atom is 0.349 e. The minimum absolute atomic E-state index is 0.153. The summed E-state index contributed by atoms with van der Waals surface area (Å²) in [6, 6.07) is 27.2. The summed E-state index contributed by atoms with van der Waals surface area (Å²) >= 11 is 7.95. The fraction of sp³-hybridized carbons (Fsp3) is 0.438. The van der Waals surface area contributed by atoms with Gasteiger partial charge < -0.3 is 9.05 Å². The van der Waals surface area contributed by atoms with Crippen molar-refractivity contribution in [1.82, 2.24) is 0 Å². The molecule has 0 bridgehead atoms. The summed E-state index contributed by atoms with van der Waals surface area (Å²) < 4.78 is 13.5. The highest BCUT2D eigenvalue weighted by Crippen LogP contribution is 2.65. The van der Waals surface area contributed by atoms with Crippen LogP contribution in [0, 0.1) is 0 Å². The summed E-state index contributed by atoms with van der Waals surface area (Å²) in [5.74, 6) is 1.74. The number of benzene rings is 3. The van der Waals surface area contributed by atoms with Crippen molar-refractivity contribution in [3.05, 3.63) is 95.6 Å². The fourth-order valence-corrected chi connectivity index (χ4v) is 9.90. The molecule has 3 rings (SSSR count). The molecule has 0 N–H and O–H groups in total. The van der Waals surface area contributed by atoms with Gasteiger partial charge in [-0.1, -0.05) is 119 Å². The Bertz CT molecular complexity index is 1040. The van der Waals surface area contributed by atoms with Crippen LogP contribution in [-0.4, -0.2) is 0 Å². The number of hydrogen-bond donors (Lipinski definition) is 0. The highest BCUT2D eigenvalue weighted by molar-refractivity contribution is 8.68. The third-order valence-corrected chi connectivity index (χ3v) is 11.6. The van der Waals surface area contributed by atoms with Crippen LogP contribution in [0.15, 0.2) is 78.9 Å². The van der Waals surface area contributed by atoms with Crippen LogP contribution in [0.3, 0.4) is 0 Å². The Morgan fingerprint density at radius 2 is 1.11 bits per heavy atom. The lowest BCUT2D eigenvalue weighted by Gasteiger charge is -2.27. The lowest BCUT2D eigenvalue weighted by atomic mass is 10.1. The molecule has 0 aliphatic heterocycles. The quantitative estimate of drug-likeness (QED) is 0.122. The minimum atomic E-state index is -2.78. The number of para-hydroxylation sites is 2. The van der Waals surface area contributed by atoms with E-state index in [-0.39, 0.29) is 5.25 Å². The molecule has 0 aromatic heterocycles. The van der Waals surface area contributed by atoms with Crippen molar-refractivity contribution in [2.75, 3.05) is 0 Å². The number of aryl methyl sites for hydroxylation is 2. The van der Waals surface area contributed by atoms with E-state index in [1.807, 2.05) is 18.2 Å². The predicted octanol–water partition coefficient (Wildman–Crippen LogP) is 11.1. The van der Waals surface area contributed by atoms with Crippen LogP contribution in [0.5, 0.6) is 11.5 Å². The van der Waals surface area contributed by atoms with Gasteiger partial charge in [0.1, 0.15) is 11.5 Å². The molecule has 0 amide bonds. The summed E-state index contributed by atoms with van der Waals surface area (Å²) in [5.41, 5.74) is 0.892. The Hall–Kier alpha value is -1.74. The molecule has 0 radical (unpaired) electrons. The highest BCUT2D eigenvalue weighted by atomic mass is 32.9. The molecule has 0 fully saturated rings. The smallest absolute Gasteiger partial charge is 0.349 e. The Morgan fingerprint density at radius 3 is 1.59 bits per heavy atom. The van der Waals surface area contributed by atoms with Crippen molar-refractivity contribution in [3.63, 3.8) is 0 Å². The van der Waals surface area contributed by atoms with Gasteiger partial charge in [-0.3, -0.25) is 0 Å². The molecule has 200 valence electrons. The van der Waals surface area contributed by atoms with E-state index in [1.165, 1.54) is 55.2 Å². The second-order valence-electron chi connectivity index (χ2n) is 9.62. The Morgan fingerprint density at radius 1 is 0.649 bits per heavy atom. The molecule has 5 heteroatoms. The summed E-state index contributed by atoms with van der Waals surface area (Å²) in [6.45, 7) is 6.69. The van der Waals surface area contributed by atoms with Gasteiger partial charge in [-0.25, -0.2) is 0 Å². The van der Waals surface area contributed by atoms with Crippen molar-refractivity contribution in [1.29, 1.82) is 0 Å². The predicted molar refractivity (Wildman–Crippen MR) is 167 cm³/mol.